The lowest BCUT2D eigenvalue weighted by Crippen LogP contribution is -2.43. The molecule has 6 heteroatoms. The number of halogens is 1. The lowest BCUT2D eigenvalue weighted by atomic mass is 9.88. The van der Waals surface area contributed by atoms with Crippen LogP contribution in [0, 0.1) is 12.7 Å². The van der Waals surface area contributed by atoms with Gasteiger partial charge in [0.15, 0.2) is 11.4 Å². The molecule has 3 aromatic rings. The summed E-state index contributed by atoms with van der Waals surface area (Å²) in [5, 5.41) is 11.3. The van der Waals surface area contributed by atoms with E-state index in [0.29, 0.717) is 17.0 Å². The lowest BCUT2D eigenvalue weighted by molar-refractivity contribution is -0.135. The van der Waals surface area contributed by atoms with Crippen LogP contribution in [0.2, 0.25) is 0 Å². The molecule has 3 aromatic carbocycles. The maximum atomic E-state index is 13.2. The van der Waals surface area contributed by atoms with Crippen molar-refractivity contribution in [2.24, 2.45) is 0 Å². The van der Waals surface area contributed by atoms with Gasteiger partial charge >= 0.3 is 0 Å². The summed E-state index contributed by atoms with van der Waals surface area (Å²) < 4.78 is 18.9. The van der Waals surface area contributed by atoms with Crippen molar-refractivity contribution in [3.63, 3.8) is 0 Å². The highest BCUT2D eigenvalue weighted by molar-refractivity contribution is 6.10. The van der Waals surface area contributed by atoms with Gasteiger partial charge in [-0.3, -0.25) is 9.59 Å². The first kappa shape index (κ1) is 20.8. The van der Waals surface area contributed by atoms with Gasteiger partial charge in [-0.25, -0.2) is 4.39 Å². The van der Waals surface area contributed by atoms with E-state index in [1.807, 2.05) is 31.2 Å². The molecular weight excluding hydrogens is 397 g/mol. The largest absolute Gasteiger partial charge is 0.492 e. The van der Waals surface area contributed by atoms with Gasteiger partial charge in [0.1, 0.15) is 18.2 Å². The van der Waals surface area contributed by atoms with Crippen molar-refractivity contribution < 1.29 is 23.8 Å². The summed E-state index contributed by atoms with van der Waals surface area (Å²) in [5.74, 6) is -0.778. The van der Waals surface area contributed by atoms with Gasteiger partial charge in [-0.2, -0.15) is 0 Å². The van der Waals surface area contributed by atoms with E-state index in [1.54, 1.807) is 24.3 Å². The number of carbonyl (C=O) groups excluding carboxylic acids is 2. The second kappa shape index (κ2) is 8.32. The highest BCUT2D eigenvalue weighted by Gasteiger charge is 2.50. The van der Waals surface area contributed by atoms with E-state index in [-0.39, 0.29) is 18.7 Å². The van der Waals surface area contributed by atoms with E-state index in [2.05, 4.69) is 0 Å². The number of benzene rings is 3. The molecule has 1 atom stereocenters. The number of nitrogens with zero attached hydrogens (tertiary/aromatic N) is 1. The first-order chi connectivity index (χ1) is 14.9. The molecule has 1 aliphatic heterocycles. The van der Waals surface area contributed by atoms with Gasteiger partial charge in [-0.15, -0.1) is 0 Å². The molecule has 0 bridgehead atoms. The van der Waals surface area contributed by atoms with Crippen LogP contribution in [0.25, 0.3) is 0 Å². The van der Waals surface area contributed by atoms with E-state index in [1.165, 1.54) is 29.2 Å². The Labute approximate surface area is 179 Å². The lowest BCUT2D eigenvalue weighted by Gasteiger charge is -2.23. The molecule has 1 aliphatic rings. The minimum absolute atomic E-state index is 0.219. The second-order valence-electron chi connectivity index (χ2n) is 7.61. The van der Waals surface area contributed by atoms with Crippen molar-refractivity contribution in [3.8, 4) is 5.75 Å². The Morgan fingerprint density at radius 1 is 1.06 bits per heavy atom. The minimum Gasteiger partial charge on any atom is -0.492 e. The number of rotatable bonds is 7. The third-order valence-electron chi connectivity index (χ3n) is 5.40. The highest BCUT2D eigenvalue weighted by atomic mass is 19.1. The molecule has 31 heavy (non-hydrogen) atoms. The van der Waals surface area contributed by atoms with Gasteiger partial charge in [0, 0.05) is 11.1 Å². The van der Waals surface area contributed by atoms with Gasteiger partial charge in [0.2, 0.25) is 0 Å². The van der Waals surface area contributed by atoms with Crippen LogP contribution in [0.4, 0.5) is 10.1 Å². The smallest absolute Gasteiger partial charge is 0.264 e. The summed E-state index contributed by atoms with van der Waals surface area (Å²) in [5.41, 5.74) is 0.252. The molecule has 0 saturated heterocycles. The van der Waals surface area contributed by atoms with Gasteiger partial charge in [-0.1, -0.05) is 30.3 Å². The maximum absolute atomic E-state index is 13.2. The maximum Gasteiger partial charge on any atom is 0.264 e. The number of amides is 1. The van der Waals surface area contributed by atoms with Crippen molar-refractivity contribution in [2.45, 2.75) is 18.9 Å². The van der Waals surface area contributed by atoms with E-state index in [9.17, 15) is 19.1 Å². The predicted molar refractivity (Wildman–Crippen MR) is 115 cm³/mol. The van der Waals surface area contributed by atoms with Crippen LogP contribution < -0.4 is 9.64 Å². The number of hydrogen-bond donors (Lipinski definition) is 1. The molecule has 158 valence electrons. The number of carbonyl (C=O) groups is 2. The predicted octanol–water partition coefficient (Wildman–Crippen LogP) is 4.02. The summed E-state index contributed by atoms with van der Waals surface area (Å²) in [6.45, 7) is 2.41. The monoisotopic (exact) mass is 419 g/mol. The first-order valence-corrected chi connectivity index (χ1v) is 10.0. The highest BCUT2D eigenvalue weighted by Crippen LogP contribution is 2.42. The third kappa shape index (κ3) is 4.07. The number of aliphatic hydroxyl groups is 1. The van der Waals surface area contributed by atoms with Crippen LogP contribution in [0.3, 0.4) is 0 Å². The summed E-state index contributed by atoms with van der Waals surface area (Å²) >= 11 is 0. The molecule has 1 amide bonds. The number of para-hydroxylation sites is 1. The third-order valence-corrected chi connectivity index (χ3v) is 5.40. The number of Topliss-reactive ketones (excluding diaryl/α,β-unsaturated/α-hetero) is 1. The topological polar surface area (TPSA) is 66.8 Å². The molecule has 0 radical (unpaired) electrons. The van der Waals surface area contributed by atoms with Crippen LogP contribution in [0.1, 0.15) is 27.9 Å². The fourth-order valence-electron chi connectivity index (χ4n) is 3.83. The van der Waals surface area contributed by atoms with Crippen LogP contribution in [-0.4, -0.2) is 29.9 Å². The van der Waals surface area contributed by atoms with Crippen LogP contribution >= 0.6 is 0 Å². The zero-order chi connectivity index (χ0) is 22.0. The van der Waals surface area contributed by atoms with Gasteiger partial charge in [0.25, 0.3) is 5.91 Å². The minimum atomic E-state index is -1.98. The van der Waals surface area contributed by atoms with E-state index in [0.717, 1.165) is 5.56 Å². The van der Waals surface area contributed by atoms with E-state index in [4.69, 9.17) is 4.74 Å². The molecule has 1 unspecified atom stereocenters. The number of fused-ring (bicyclic) bond motifs is 1. The van der Waals surface area contributed by atoms with E-state index >= 15 is 0 Å². The molecule has 0 fully saturated rings. The number of anilines is 1. The van der Waals surface area contributed by atoms with Crippen molar-refractivity contribution in [1.82, 2.24) is 0 Å². The number of ketones is 1. The number of aryl methyl sites for hydroxylation is 1. The zero-order valence-electron chi connectivity index (χ0n) is 17.0. The molecule has 1 heterocycles. The average molecular weight is 419 g/mol. The van der Waals surface area contributed by atoms with Gasteiger partial charge < -0.3 is 14.7 Å². The molecule has 4 rings (SSSR count). The number of hydrogen-bond acceptors (Lipinski definition) is 4. The molecule has 1 N–H and O–H groups in total. The molecule has 0 spiro atoms. The standard InChI is InChI=1S/C25H22FNO4/c1-17-5-4-6-20(15-17)31-14-13-27-22-8-3-2-7-21(22)25(30,24(27)29)16-23(28)18-9-11-19(26)12-10-18/h2-12,15,30H,13-14,16H2,1H3. The van der Waals surface area contributed by atoms with Crippen LogP contribution in [0.15, 0.2) is 72.8 Å². The molecule has 5 nitrogen and oxygen atoms in total. The first-order valence-electron chi connectivity index (χ1n) is 10.0. The average Bonchev–Trinajstić information content (AvgIpc) is 2.96. The van der Waals surface area contributed by atoms with Crippen LogP contribution in [0.5, 0.6) is 5.75 Å². The molecule has 0 aromatic heterocycles. The van der Waals surface area contributed by atoms with Gasteiger partial charge in [0.05, 0.1) is 18.7 Å². The summed E-state index contributed by atoms with van der Waals surface area (Å²) in [7, 11) is 0. The Kier molecular flexibility index (Phi) is 5.57. The summed E-state index contributed by atoms with van der Waals surface area (Å²) in [4.78, 5) is 27.4. The van der Waals surface area contributed by atoms with Crippen LogP contribution in [-0.2, 0) is 10.4 Å². The summed E-state index contributed by atoms with van der Waals surface area (Å²) in [6, 6.07) is 19.5. The van der Waals surface area contributed by atoms with Gasteiger partial charge in [-0.05, 0) is 55.0 Å². The van der Waals surface area contributed by atoms with E-state index < -0.39 is 29.5 Å². The Bertz CT molecular complexity index is 1130. The second-order valence-corrected chi connectivity index (χ2v) is 7.61. The Hall–Kier alpha value is -3.51. The number of ether oxygens (including phenoxy) is 1. The molecule has 0 aliphatic carbocycles. The van der Waals surface area contributed by atoms with Crippen molar-refractivity contribution in [2.75, 3.05) is 18.1 Å². The molecule has 0 saturated carbocycles. The summed E-state index contributed by atoms with van der Waals surface area (Å²) in [6.07, 6.45) is -0.427. The van der Waals surface area contributed by atoms with Crippen molar-refractivity contribution >= 4 is 17.4 Å². The fraction of sp³-hybridized carbons (Fsp3) is 0.200. The SMILES string of the molecule is Cc1cccc(OCCN2C(=O)C(O)(CC(=O)c3ccc(F)cc3)c3ccccc32)c1. The van der Waals surface area contributed by atoms with Crippen molar-refractivity contribution in [3.05, 3.63) is 95.3 Å². The molecular formula is C25H22FNO4. The Morgan fingerprint density at radius 3 is 2.55 bits per heavy atom. The Morgan fingerprint density at radius 2 is 1.81 bits per heavy atom. The normalized spacial score (nSPS) is 17.5. The Balaban J connectivity index is 1.53. The quantitative estimate of drug-likeness (QED) is 0.588. The van der Waals surface area contributed by atoms with Crippen molar-refractivity contribution in [1.29, 1.82) is 0 Å². The zero-order valence-corrected chi connectivity index (χ0v) is 17.0. The fourth-order valence-corrected chi connectivity index (χ4v) is 3.83.